The summed E-state index contributed by atoms with van der Waals surface area (Å²) in [7, 11) is 8.86. The lowest BCUT2D eigenvalue weighted by Crippen LogP contribution is -2.62. The number of carbonyl (C=O) groups excluding carboxylic acids is 10. The Bertz CT molecular complexity index is 3060. The molecule has 2 heterocycles. The van der Waals surface area contributed by atoms with Crippen LogP contribution < -0.4 is 16.0 Å². The zero-order valence-corrected chi connectivity index (χ0v) is 57.9. The molecule has 21 nitrogen and oxygen atoms in total. The van der Waals surface area contributed by atoms with Crippen LogP contribution in [0, 0.1) is 23.7 Å². The first-order chi connectivity index (χ1) is 43.9. The molecule has 21 heteroatoms. The van der Waals surface area contributed by atoms with Gasteiger partial charge in [-0.3, -0.25) is 47.9 Å². The van der Waals surface area contributed by atoms with E-state index in [9.17, 15) is 48.3 Å². The molecular weight excluding hydrogens is 1180 g/mol. The van der Waals surface area contributed by atoms with Gasteiger partial charge in [0.05, 0.1) is 12.0 Å². The number of nitrogens with one attached hydrogen (secondary N) is 3. The van der Waals surface area contributed by atoms with Crippen LogP contribution in [-0.4, -0.2) is 215 Å². The van der Waals surface area contributed by atoms with E-state index in [1.54, 1.807) is 49.3 Å². The van der Waals surface area contributed by atoms with Gasteiger partial charge in [0, 0.05) is 87.6 Å². The summed E-state index contributed by atoms with van der Waals surface area (Å²) in [6, 6.07) is 16.0. The summed E-state index contributed by atoms with van der Waals surface area (Å²) in [5, 5.41) is 20.0. The Morgan fingerprint density at radius 2 is 1.05 bits per heavy atom. The first kappa shape index (κ1) is 75.8. The molecule has 4 N–H and O–H groups in total. The van der Waals surface area contributed by atoms with Crippen LogP contribution in [-0.2, 0) is 67.2 Å². The molecular formula is C72H106N10O11. The van der Waals surface area contributed by atoms with Gasteiger partial charge >= 0.3 is 0 Å². The molecule has 3 aromatic carbocycles. The van der Waals surface area contributed by atoms with E-state index in [4.69, 9.17) is 0 Å². The van der Waals surface area contributed by atoms with Crippen LogP contribution in [0.1, 0.15) is 136 Å². The van der Waals surface area contributed by atoms with Crippen molar-refractivity contribution in [1.29, 1.82) is 0 Å². The molecule has 0 radical (unpaired) electrons. The minimum Gasteiger partial charge on any atom is -0.391 e. The Hall–Kier alpha value is -7.94. The zero-order valence-electron chi connectivity index (χ0n) is 57.9. The van der Waals surface area contributed by atoms with Gasteiger partial charge in [-0.1, -0.05) is 139 Å². The smallest absolute Gasteiger partial charge is 0.248 e. The highest BCUT2D eigenvalue weighted by Gasteiger charge is 2.42. The summed E-state index contributed by atoms with van der Waals surface area (Å²) in [6.07, 6.45) is 2.34. The molecule has 2 bridgehead atoms. The number of hydrogen-bond donors (Lipinski definition) is 4. The lowest BCUT2D eigenvalue weighted by Gasteiger charge is -2.37. The maximum absolute atomic E-state index is 15.1. The molecule has 0 aromatic heterocycles. The van der Waals surface area contributed by atoms with E-state index in [0.29, 0.717) is 41.8 Å². The van der Waals surface area contributed by atoms with Crippen molar-refractivity contribution in [1.82, 2.24) is 50.2 Å². The highest BCUT2D eigenvalue weighted by Crippen LogP contribution is 2.26. The molecule has 10 amide bonds. The van der Waals surface area contributed by atoms with Gasteiger partial charge < -0.3 is 55.4 Å². The number of benzene rings is 3. The molecule has 2 aliphatic heterocycles. The van der Waals surface area contributed by atoms with Crippen LogP contribution in [0.5, 0.6) is 0 Å². The summed E-state index contributed by atoms with van der Waals surface area (Å²) in [4.78, 5) is 157. The number of fused-ring (bicyclic) bond motifs is 2. The molecule has 93 heavy (non-hydrogen) atoms. The van der Waals surface area contributed by atoms with Gasteiger partial charge in [0.15, 0.2) is 0 Å². The van der Waals surface area contributed by atoms with Crippen molar-refractivity contribution in [3.63, 3.8) is 0 Å². The summed E-state index contributed by atoms with van der Waals surface area (Å²) < 4.78 is 0. The second-order valence-electron chi connectivity index (χ2n) is 26.7. The van der Waals surface area contributed by atoms with Crippen molar-refractivity contribution in [2.24, 2.45) is 23.7 Å². The average Bonchev–Trinajstić information content (AvgIpc) is 0.951. The van der Waals surface area contributed by atoms with Crippen LogP contribution in [0.15, 0.2) is 91.5 Å². The van der Waals surface area contributed by atoms with E-state index >= 15 is 4.79 Å². The number of aliphatic hydroxyl groups is 1. The molecule has 0 spiro atoms. The summed E-state index contributed by atoms with van der Waals surface area (Å²) in [5.41, 5.74) is 3.46. The fourth-order valence-electron chi connectivity index (χ4n) is 12.2. The normalized spacial score (nSPS) is 25.2. The largest absolute Gasteiger partial charge is 0.391 e. The summed E-state index contributed by atoms with van der Waals surface area (Å²) in [5.74, 6) is -6.91. The van der Waals surface area contributed by atoms with E-state index in [-0.39, 0.29) is 81.1 Å². The van der Waals surface area contributed by atoms with Gasteiger partial charge in [-0.2, -0.15) is 0 Å². The van der Waals surface area contributed by atoms with E-state index in [1.165, 1.54) is 73.5 Å². The maximum atomic E-state index is 15.1. The molecule has 5 rings (SSSR count). The third-order valence-corrected chi connectivity index (χ3v) is 18.9. The number of carbonyl (C=O) groups is 10. The third kappa shape index (κ3) is 20.5. The summed E-state index contributed by atoms with van der Waals surface area (Å²) in [6.45, 7) is 21.0. The highest BCUT2D eigenvalue weighted by atomic mass is 16.3. The van der Waals surface area contributed by atoms with E-state index in [2.05, 4.69) is 22.5 Å². The number of piperidine rings is 1. The minimum absolute atomic E-state index is 0.0275. The summed E-state index contributed by atoms with van der Waals surface area (Å²) >= 11 is 0. The average molecular weight is 1290 g/mol. The molecule has 11 atom stereocenters. The third-order valence-electron chi connectivity index (χ3n) is 18.9. The van der Waals surface area contributed by atoms with Crippen molar-refractivity contribution in [2.75, 3.05) is 61.9 Å². The molecule has 0 saturated carbocycles. The lowest BCUT2D eigenvalue weighted by molar-refractivity contribution is -0.151. The van der Waals surface area contributed by atoms with E-state index in [0.717, 1.165) is 29.7 Å². The molecule has 1 saturated heterocycles. The predicted octanol–water partition coefficient (Wildman–Crippen LogP) is 5.76. The van der Waals surface area contributed by atoms with Crippen molar-refractivity contribution >= 4 is 64.6 Å². The van der Waals surface area contributed by atoms with Gasteiger partial charge in [-0.15, -0.1) is 0 Å². The van der Waals surface area contributed by atoms with Crippen LogP contribution in [0.2, 0.25) is 0 Å². The first-order valence-electron chi connectivity index (χ1n) is 33.2. The second kappa shape index (κ2) is 35.4. The minimum atomic E-state index is -1.63. The predicted molar refractivity (Wildman–Crippen MR) is 360 cm³/mol. The standard InChI is InChI=1S/C72H106N10O11/c1-17-47(6)56-44-73-64(85)58(38-45(2)3)81(16)71(92)61(43-53-30-23-19-24-31-53)78(13)62(84)35-34-48(7)55-33-27-32-54(40-55)41-57(70(91)82-36-25-20-26-37-82)74-65(86)59(39-46(4)5)79(14)68(89)50(9)77(12)72(93)63(51(10)83)75-66(87)60(42-52-28-21-18-22-29-52)80(15)67(88)49(8)76(11)69(56)90/h18-19,21-24,27-33,40,45-47,49-51,56-61,63,83H,7,17,20,25-26,34-39,41-44H2,1-6,8-16H3,(H,73,85)(H,74,86)(H,75,87)/t47-,49-,50-,51+,56-,57-,58-,59-,60-,61-,63-/m0/s1. The van der Waals surface area contributed by atoms with E-state index < -0.39 is 108 Å². The zero-order chi connectivity index (χ0) is 69.1. The fourth-order valence-corrected chi connectivity index (χ4v) is 12.2. The number of likely N-dealkylation sites (N-methyl/N-ethyl adjacent to an activating group) is 6. The second-order valence-corrected chi connectivity index (χ2v) is 26.7. The van der Waals surface area contributed by atoms with Gasteiger partial charge in [-0.05, 0) is 105 Å². The monoisotopic (exact) mass is 1290 g/mol. The number of rotatable bonds is 12. The van der Waals surface area contributed by atoms with Gasteiger partial charge in [-0.25, -0.2) is 0 Å². The van der Waals surface area contributed by atoms with Crippen LogP contribution >= 0.6 is 0 Å². The Morgan fingerprint density at radius 1 is 0.559 bits per heavy atom. The highest BCUT2D eigenvalue weighted by molar-refractivity contribution is 5.98. The molecule has 2 aliphatic rings. The van der Waals surface area contributed by atoms with Crippen molar-refractivity contribution < 1.29 is 53.1 Å². The number of likely N-dealkylation sites (tertiary alicyclic amines) is 1. The number of hydrogen-bond acceptors (Lipinski definition) is 11. The Kier molecular flexibility index (Phi) is 28.8. The fraction of sp³-hybridized carbons (Fsp3) is 0.583. The number of allylic oxidation sites excluding steroid dienone is 1. The SMILES string of the molecule is C=C1CCC(=O)N(C)[C@@H](Cc2ccccc2)C(=O)N(C)[C@@H](CC(C)C)C(=O)NC[C@@H]([C@@H](C)CC)C(=O)N(C)[C@@H](C)C(=O)N(C)[C@@H](Cc2ccccc2)C(=O)N[C@@H]([C@@H](C)O)C(=O)N(C)[C@@H](C)C(=O)N(C)[C@@H](CC(C)C)C(=O)N[C@H](C(=O)N2CCCCC2)Cc2cccc1c2. The Balaban J connectivity index is 1.61. The molecule has 3 aromatic rings. The Morgan fingerprint density at radius 3 is 1.58 bits per heavy atom. The number of aliphatic hydroxyl groups excluding tert-OH is 1. The van der Waals surface area contributed by atoms with Gasteiger partial charge in [0.2, 0.25) is 59.1 Å². The maximum Gasteiger partial charge on any atom is 0.248 e. The number of amides is 10. The van der Waals surface area contributed by atoms with Crippen molar-refractivity contribution in [2.45, 2.75) is 187 Å². The van der Waals surface area contributed by atoms with Crippen LogP contribution in [0.25, 0.3) is 5.57 Å². The van der Waals surface area contributed by atoms with Gasteiger partial charge in [0.25, 0.3) is 0 Å². The first-order valence-corrected chi connectivity index (χ1v) is 33.2. The molecule has 0 aliphatic carbocycles. The number of nitrogens with zero attached hydrogens (tertiary/aromatic N) is 7. The molecule has 1 fully saturated rings. The van der Waals surface area contributed by atoms with Crippen LogP contribution in [0.4, 0.5) is 0 Å². The van der Waals surface area contributed by atoms with E-state index in [1.807, 2.05) is 96.1 Å². The molecule has 510 valence electrons. The van der Waals surface area contributed by atoms with Crippen LogP contribution in [0.3, 0.4) is 0 Å². The van der Waals surface area contributed by atoms with Crippen molar-refractivity contribution in [3.8, 4) is 0 Å². The lowest BCUT2D eigenvalue weighted by atomic mass is 9.89. The van der Waals surface area contributed by atoms with Crippen molar-refractivity contribution in [3.05, 3.63) is 114 Å². The quantitative estimate of drug-likeness (QED) is 0.170. The van der Waals surface area contributed by atoms with Gasteiger partial charge in [0.1, 0.15) is 48.3 Å². The molecule has 0 unspecified atom stereocenters. The topological polar surface area (TPSA) is 250 Å². The Labute approximate surface area is 552 Å².